The number of ether oxygens (including phenoxy) is 2. The van der Waals surface area contributed by atoms with Crippen molar-refractivity contribution in [2.75, 3.05) is 26.2 Å². The fourth-order valence-corrected chi connectivity index (χ4v) is 4.35. The molecule has 0 bridgehead atoms. The fraction of sp³-hybridized carbons (Fsp3) is 0.357. The summed E-state index contributed by atoms with van der Waals surface area (Å²) in [5.41, 5.74) is 1.97. The third-order valence-electron chi connectivity index (χ3n) is 5.97. The van der Waals surface area contributed by atoms with E-state index in [1.165, 1.54) is 0 Å². The summed E-state index contributed by atoms with van der Waals surface area (Å²) in [7, 11) is 0. The zero-order valence-corrected chi connectivity index (χ0v) is 20.7. The van der Waals surface area contributed by atoms with Crippen LogP contribution in [0, 0.1) is 0 Å². The molecule has 0 atom stereocenters. The Bertz CT molecular complexity index is 1110. The normalized spacial score (nSPS) is 15.0. The molecule has 1 aromatic heterocycles. The molecule has 3 aromatic rings. The second kappa shape index (κ2) is 13.1. The quantitative estimate of drug-likeness (QED) is 0.498. The topological polar surface area (TPSA) is 63.7 Å². The maximum Gasteiger partial charge on any atom is 0.234 e. The van der Waals surface area contributed by atoms with E-state index in [9.17, 15) is 4.79 Å². The van der Waals surface area contributed by atoms with Crippen LogP contribution in [0.2, 0.25) is 5.02 Å². The van der Waals surface area contributed by atoms with Gasteiger partial charge in [-0.05, 0) is 55.6 Å². The van der Waals surface area contributed by atoms with Gasteiger partial charge >= 0.3 is 0 Å². The number of nitrogens with zero attached hydrogens (tertiary/aromatic N) is 2. The molecule has 6 nitrogen and oxygen atoms in total. The van der Waals surface area contributed by atoms with E-state index in [1.807, 2.05) is 60.7 Å². The molecule has 0 radical (unpaired) electrons. The first-order valence-electron chi connectivity index (χ1n) is 12.2. The average molecular weight is 494 g/mol. The van der Waals surface area contributed by atoms with Crippen molar-refractivity contribution in [1.29, 1.82) is 0 Å². The largest absolute Gasteiger partial charge is 0.490 e. The average Bonchev–Trinajstić information content (AvgIpc) is 2.86. The molecule has 1 aliphatic heterocycles. The van der Waals surface area contributed by atoms with Gasteiger partial charge < -0.3 is 14.8 Å². The first kappa shape index (κ1) is 25.0. The van der Waals surface area contributed by atoms with Gasteiger partial charge in [0, 0.05) is 29.9 Å². The van der Waals surface area contributed by atoms with Crippen LogP contribution in [0.3, 0.4) is 0 Å². The lowest BCUT2D eigenvalue weighted by atomic mass is 10.1. The molecular weight excluding hydrogens is 462 g/mol. The number of hydrogen-bond acceptors (Lipinski definition) is 5. The summed E-state index contributed by atoms with van der Waals surface area (Å²) >= 11 is 6.24. The molecule has 4 rings (SSSR count). The van der Waals surface area contributed by atoms with Gasteiger partial charge in [-0.3, -0.25) is 9.69 Å². The third kappa shape index (κ3) is 7.70. The summed E-state index contributed by atoms with van der Waals surface area (Å²) in [5, 5.41) is 3.77. The molecule has 1 aliphatic rings. The minimum absolute atomic E-state index is 0.00303. The predicted molar refractivity (Wildman–Crippen MR) is 138 cm³/mol. The van der Waals surface area contributed by atoms with Crippen LogP contribution < -0.4 is 14.8 Å². The molecule has 0 unspecified atom stereocenters. The van der Waals surface area contributed by atoms with E-state index in [-0.39, 0.29) is 5.91 Å². The number of rotatable bonds is 5. The van der Waals surface area contributed by atoms with Crippen LogP contribution in [0.1, 0.15) is 36.8 Å². The van der Waals surface area contributed by atoms with Crippen LogP contribution in [0.15, 0.2) is 66.9 Å². The molecule has 35 heavy (non-hydrogen) atoms. The van der Waals surface area contributed by atoms with E-state index in [4.69, 9.17) is 21.1 Å². The number of nitrogens with one attached hydrogen (secondary N) is 1. The monoisotopic (exact) mass is 493 g/mol. The number of benzene rings is 2. The van der Waals surface area contributed by atoms with Gasteiger partial charge in [0.25, 0.3) is 0 Å². The number of aromatic nitrogens is 1. The Morgan fingerprint density at radius 2 is 1.77 bits per heavy atom. The summed E-state index contributed by atoms with van der Waals surface area (Å²) in [6, 6.07) is 19.3. The van der Waals surface area contributed by atoms with E-state index in [1.54, 1.807) is 6.20 Å². The van der Waals surface area contributed by atoms with Gasteiger partial charge in [-0.1, -0.05) is 60.8 Å². The second-order valence-electron chi connectivity index (χ2n) is 8.68. The lowest BCUT2D eigenvalue weighted by molar-refractivity contribution is -0.122. The molecule has 7 heteroatoms. The van der Waals surface area contributed by atoms with Crippen LogP contribution in [0.4, 0.5) is 0 Å². The van der Waals surface area contributed by atoms with Crippen molar-refractivity contribution in [3.05, 3.63) is 83.0 Å². The van der Waals surface area contributed by atoms with E-state index >= 15 is 0 Å². The molecule has 2 heterocycles. The Balaban J connectivity index is 1.43. The van der Waals surface area contributed by atoms with Crippen molar-refractivity contribution in [3.63, 3.8) is 0 Å². The van der Waals surface area contributed by atoms with Crippen LogP contribution in [0.25, 0.3) is 0 Å². The molecule has 0 saturated heterocycles. The zero-order valence-electron chi connectivity index (χ0n) is 19.9. The highest BCUT2D eigenvalue weighted by molar-refractivity contribution is 6.31. The summed E-state index contributed by atoms with van der Waals surface area (Å²) < 4.78 is 12.2. The summed E-state index contributed by atoms with van der Waals surface area (Å²) in [4.78, 5) is 19.4. The van der Waals surface area contributed by atoms with Crippen molar-refractivity contribution in [2.45, 2.75) is 38.6 Å². The van der Waals surface area contributed by atoms with E-state index in [0.717, 1.165) is 54.1 Å². The van der Waals surface area contributed by atoms with Gasteiger partial charge in [0.1, 0.15) is 0 Å². The fourth-order valence-electron chi connectivity index (χ4n) is 4.12. The number of pyridine rings is 1. The van der Waals surface area contributed by atoms with Crippen LogP contribution in [-0.4, -0.2) is 42.0 Å². The Labute approximate surface area is 212 Å². The molecule has 184 valence electrons. The van der Waals surface area contributed by atoms with E-state index in [2.05, 4.69) is 15.2 Å². The summed E-state index contributed by atoms with van der Waals surface area (Å²) in [6.07, 6.45) is 6.58. The minimum atomic E-state index is 0.00303. The van der Waals surface area contributed by atoms with Gasteiger partial charge in [0.2, 0.25) is 11.8 Å². The SMILES string of the molecule is O=C(CN1CCCCCCOc2ccccc2Oc2ncccc2C1)NCCc1ccccc1Cl. The molecule has 0 fully saturated rings. The first-order valence-corrected chi connectivity index (χ1v) is 12.6. The number of carbonyl (C=O) groups is 1. The number of halogens is 1. The lowest BCUT2D eigenvalue weighted by Gasteiger charge is -2.23. The lowest BCUT2D eigenvalue weighted by Crippen LogP contribution is -2.38. The van der Waals surface area contributed by atoms with Gasteiger partial charge in [0.15, 0.2) is 11.5 Å². The minimum Gasteiger partial charge on any atom is -0.490 e. The van der Waals surface area contributed by atoms with Crippen molar-refractivity contribution >= 4 is 17.5 Å². The number of fused-ring (bicyclic) bond motifs is 2. The van der Waals surface area contributed by atoms with Gasteiger partial charge in [0.05, 0.1) is 13.2 Å². The standard InChI is InChI=1S/C28H32ClN3O3/c29-24-12-4-3-10-22(24)15-17-30-27(33)21-32-18-7-1-2-8-19-34-25-13-5-6-14-26(25)35-28-23(20-32)11-9-16-31-28/h3-6,9-14,16H,1-2,7-8,15,17-21H2,(H,30,33). The number of para-hydroxylation sites is 2. The van der Waals surface area contributed by atoms with Crippen molar-refractivity contribution in [2.24, 2.45) is 0 Å². The molecule has 1 amide bonds. The molecule has 0 spiro atoms. The van der Waals surface area contributed by atoms with Crippen LogP contribution in [0.5, 0.6) is 17.4 Å². The highest BCUT2D eigenvalue weighted by Crippen LogP contribution is 2.32. The van der Waals surface area contributed by atoms with Crippen molar-refractivity contribution in [1.82, 2.24) is 15.2 Å². The third-order valence-corrected chi connectivity index (χ3v) is 6.34. The Morgan fingerprint density at radius 1 is 0.971 bits per heavy atom. The zero-order chi connectivity index (χ0) is 24.3. The van der Waals surface area contributed by atoms with Crippen LogP contribution in [-0.2, 0) is 17.8 Å². The van der Waals surface area contributed by atoms with Crippen molar-refractivity contribution < 1.29 is 14.3 Å². The summed E-state index contributed by atoms with van der Waals surface area (Å²) in [5.74, 6) is 1.90. The highest BCUT2D eigenvalue weighted by Gasteiger charge is 2.17. The molecule has 2 aromatic carbocycles. The number of carbonyl (C=O) groups excluding carboxylic acids is 1. The molecule has 0 aliphatic carbocycles. The highest BCUT2D eigenvalue weighted by atomic mass is 35.5. The van der Waals surface area contributed by atoms with E-state index in [0.29, 0.717) is 44.3 Å². The maximum absolute atomic E-state index is 12.8. The van der Waals surface area contributed by atoms with Crippen molar-refractivity contribution in [3.8, 4) is 17.4 Å². The second-order valence-corrected chi connectivity index (χ2v) is 9.09. The number of amides is 1. The molecular formula is C28H32ClN3O3. The van der Waals surface area contributed by atoms with Gasteiger partial charge in [-0.2, -0.15) is 0 Å². The number of hydrogen-bond donors (Lipinski definition) is 1. The maximum atomic E-state index is 12.8. The Morgan fingerprint density at radius 3 is 2.66 bits per heavy atom. The Kier molecular flexibility index (Phi) is 9.38. The van der Waals surface area contributed by atoms with E-state index < -0.39 is 0 Å². The smallest absolute Gasteiger partial charge is 0.234 e. The Hall–Kier alpha value is -3.09. The van der Waals surface area contributed by atoms with Crippen LogP contribution >= 0.6 is 11.6 Å². The molecule has 0 saturated carbocycles. The van der Waals surface area contributed by atoms with Gasteiger partial charge in [-0.15, -0.1) is 0 Å². The van der Waals surface area contributed by atoms with Gasteiger partial charge in [-0.25, -0.2) is 4.98 Å². The predicted octanol–water partition coefficient (Wildman–Crippen LogP) is 5.64. The summed E-state index contributed by atoms with van der Waals surface area (Å²) in [6.45, 7) is 2.91. The molecule has 1 N–H and O–H groups in total. The first-order chi connectivity index (χ1) is 17.2.